The maximum absolute atomic E-state index is 12.7. The van der Waals surface area contributed by atoms with Crippen molar-refractivity contribution in [1.29, 1.82) is 0 Å². The lowest BCUT2D eigenvalue weighted by atomic mass is 9.98. The van der Waals surface area contributed by atoms with Crippen LogP contribution in [0.2, 0.25) is 0 Å². The van der Waals surface area contributed by atoms with Crippen LogP contribution in [-0.2, 0) is 11.2 Å². The Morgan fingerprint density at radius 1 is 1.54 bits per heavy atom. The summed E-state index contributed by atoms with van der Waals surface area (Å²) < 4.78 is 5.73. The number of nitrogens with zero attached hydrogens (tertiary/aromatic N) is 3. The summed E-state index contributed by atoms with van der Waals surface area (Å²) in [5, 5.41) is 3.29. The van der Waals surface area contributed by atoms with Crippen molar-refractivity contribution in [2.24, 2.45) is 0 Å². The zero-order chi connectivity index (χ0) is 16.9. The molecule has 0 unspecified atom stereocenters. The van der Waals surface area contributed by atoms with Gasteiger partial charge in [-0.15, -0.1) is 11.3 Å². The molecule has 128 valence electrons. The van der Waals surface area contributed by atoms with Crippen LogP contribution in [0, 0.1) is 0 Å². The summed E-state index contributed by atoms with van der Waals surface area (Å²) in [5.74, 6) is 1.01. The van der Waals surface area contributed by atoms with E-state index in [0.29, 0.717) is 11.7 Å². The molecule has 2 atom stereocenters. The van der Waals surface area contributed by atoms with Gasteiger partial charge in [-0.2, -0.15) is 0 Å². The Balaban J connectivity index is 1.62. The molecule has 1 aliphatic rings. The molecule has 1 fully saturated rings. The Morgan fingerprint density at radius 3 is 3.12 bits per heavy atom. The van der Waals surface area contributed by atoms with Crippen molar-refractivity contribution in [3.63, 3.8) is 0 Å². The van der Waals surface area contributed by atoms with Gasteiger partial charge in [-0.05, 0) is 38.3 Å². The number of piperidine rings is 1. The van der Waals surface area contributed by atoms with Crippen molar-refractivity contribution in [3.05, 3.63) is 40.6 Å². The van der Waals surface area contributed by atoms with E-state index in [4.69, 9.17) is 9.72 Å². The summed E-state index contributed by atoms with van der Waals surface area (Å²) in [5.41, 5.74) is 1.15. The predicted molar refractivity (Wildman–Crippen MR) is 94.4 cm³/mol. The SMILES string of the molecule is CCc1csc([C@H]2CCCN(C(=O)[C@@H](C)Oc3cccnc3)C2)n1. The van der Waals surface area contributed by atoms with Crippen LogP contribution in [0.1, 0.15) is 43.3 Å². The van der Waals surface area contributed by atoms with Gasteiger partial charge in [-0.25, -0.2) is 4.98 Å². The average molecular weight is 345 g/mol. The summed E-state index contributed by atoms with van der Waals surface area (Å²) in [6.07, 6.45) is 5.88. The number of aryl methyl sites for hydroxylation is 1. The number of aromatic nitrogens is 2. The van der Waals surface area contributed by atoms with E-state index in [-0.39, 0.29) is 5.91 Å². The molecule has 0 bridgehead atoms. The summed E-state index contributed by atoms with van der Waals surface area (Å²) in [6.45, 7) is 5.45. The number of rotatable bonds is 5. The van der Waals surface area contributed by atoms with E-state index < -0.39 is 6.10 Å². The Morgan fingerprint density at radius 2 is 2.42 bits per heavy atom. The minimum atomic E-state index is -0.504. The monoisotopic (exact) mass is 345 g/mol. The predicted octanol–water partition coefficient (Wildman–Crippen LogP) is 3.27. The quantitative estimate of drug-likeness (QED) is 0.834. The second kappa shape index (κ2) is 7.75. The first-order valence-corrected chi connectivity index (χ1v) is 9.35. The Kier molecular flexibility index (Phi) is 5.45. The molecular formula is C18H23N3O2S. The van der Waals surface area contributed by atoms with Crippen LogP contribution in [-0.4, -0.2) is 40.0 Å². The highest BCUT2D eigenvalue weighted by Crippen LogP contribution is 2.29. The molecule has 0 N–H and O–H groups in total. The molecule has 0 saturated carbocycles. The summed E-state index contributed by atoms with van der Waals surface area (Å²) in [7, 11) is 0. The van der Waals surface area contributed by atoms with Crippen molar-refractivity contribution < 1.29 is 9.53 Å². The fourth-order valence-electron chi connectivity index (χ4n) is 2.98. The Hall–Kier alpha value is -1.95. The third-order valence-corrected chi connectivity index (χ3v) is 5.37. The fourth-order valence-corrected chi connectivity index (χ4v) is 4.01. The molecule has 24 heavy (non-hydrogen) atoms. The van der Waals surface area contributed by atoms with Crippen molar-refractivity contribution in [3.8, 4) is 5.75 Å². The first-order chi connectivity index (χ1) is 11.7. The van der Waals surface area contributed by atoms with Crippen LogP contribution < -0.4 is 4.74 Å². The van der Waals surface area contributed by atoms with Crippen LogP contribution in [0.3, 0.4) is 0 Å². The second-order valence-corrected chi connectivity index (χ2v) is 6.99. The van der Waals surface area contributed by atoms with Gasteiger partial charge in [0.15, 0.2) is 6.10 Å². The number of amides is 1. The van der Waals surface area contributed by atoms with Gasteiger partial charge in [0.1, 0.15) is 5.75 Å². The third kappa shape index (κ3) is 3.93. The molecule has 0 aliphatic carbocycles. The van der Waals surface area contributed by atoms with Gasteiger partial charge < -0.3 is 9.64 Å². The van der Waals surface area contributed by atoms with E-state index in [1.54, 1.807) is 36.7 Å². The number of hydrogen-bond acceptors (Lipinski definition) is 5. The van der Waals surface area contributed by atoms with Gasteiger partial charge in [0.2, 0.25) is 0 Å². The van der Waals surface area contributed by atoms with Crippen LogP contribution in [0.5, 0.6) is 5.75 Å². The van der Waals surface area contributed by atoms with Gasteiger partial charge in [0, 0.05) is 30.6 Å². The molecule has 1 amide bonds. The standard InChI is InChI=1S/C18H23N3O2S/c1-3-15-12-24-17(20-15)14-6-5-9-21(11-14)18(22)13(2)23-16-7-4-8-19-10-16/h4,7-8,10,12-14H,3,5-6,9,11H2,1-2H3/t13-,14+/m1/s1. The summed E-state index contributed by atoms with van der Waals surface area (Å²) in [4.78, 5) is 23.3. The van der Waals surface area contributed by atoms with Crippen molar-refractivity contribution >= 4 is 17.2 Å². The molecule has 0 aromatic carbocycles. The molecule has 2 aromatic rings. The molecule has 3 heterocycles. The number of ether oxygens (including phenoxy) is 1. The molecule has 1 aliphatic heterocycles. The fraction of sp³-hybridized carbons (Fsp3) is 0.500. The third-order valence-electron chi connectivity index (χ3n) is 4.31. The van der Waals surface area contributed by atoms with E-state index in [9.17, 15) is 4.79 Å². The lowest BCUT2D eigenvalue weighted by Gasteiger charge is -2.33. The number of carbonyl (C=O) groups excluding carboxylic acids is 1. The van der Waals surface area contributed by atoms with E-state index in [1.807, 2.05) is 11.0 Å². The van der Waals surface area contributed by atoms with Crippen LogP contribution >= 0.6 is 11.3 Å². The Labute approximate surface area is 146 Å². The van der Waals surface area contributed by atoms with Crippen molar-refractivity contribution in [1.82, 2.24) is 14.9 Å². The van der Waals surface area contributed by atoms with E-state index >= 15 is 0 Å². The maximum Gasteiger partial charge on any atom is 0.263 e. The molecule has 2 aromatic heterocycles. The zero-order valence-electron chi connectivity index (χ0n) is 14.1. The van der Waals surface area contributed by atoms with Gasteiger partial charge in [-0.1, -0.05) is 6.92 Å². The molecule has 0 spiro atoms. The first kappa shape index (κ1) is 16.9. The summed E-state index contributed by atoms with van der Waals surface area (Å²) >= 11 is 1.72. The van der Waals surface area contributed by atoms with Crippen molar-refractivity contribution in [2.45, 2.75) is 45.1 Å². The smallest absolute Gasteiger partial charge is 0.263 e. The number of carbonyl (C=O) groups is 1. The molecular weight excluding hydrogens is 322 g/mol. The van der Waals surface area contributed by atoms with Gasteiger partial charge in [-0.3, -0.25) is 9.78 Å². The number of likely N-dealkylation sites (tertiary alicyclic amines) is 1. The Bertz CT molecular complexity index is 674. The first-order valence-electron chi connectivity index (χ1n) is 8.47. The van der Waals surface area contributed by atoms with Gasteiger partial charge in [0.05, 0.1) is 16.9 Å². The van der Waals surface area contributed by atoms with Gasteiger partial charge >= 0.3 is 0 Å². The highest BCUT2D eigenvalue weighted by molar-refractivity contribution is 7.09. The molecule has 6 heteroatoms. The minimum Gasteiger partial charge on any atom is -0.479 e. The van der Waals surface area contributed by atoms with E-state index in [1.165, 1.54) is 0 Å². The molecule has 5 nitrogen and oxygen atoms in total. The lowest BCUT2D eigenvalue weighted by molar-refractivity contribution is -0.139. The molecule has 0 radical (unpaired) electrons. The van der Waals surface area contributed by atoms with Gasteiger partial charge in [0.25, 0.3) is 5.91 Å². The zero-order valence-corrected chi connectivity index (χ0v) is 15.0. The second-order valence-electron chi connectivity index (χ2n) is 6.10. The topological polar surface area (TPSA) is 55.3 Å². The normalized spacial score (nSPS) is 19.1. The number of hydrogen-bond donors (Lipinski definition) is 0. The van der Waals surface area contributed by atoms with Crippen LogP contribution in [0.25, 0.3) is 0 Å². The van der Waals surface area contributed by atoms with E-state index in [2.05, 4.69) is 17.3 Å². The highest BCUT2D eigenvalue weighted by atomic mass is 32.1. The number of pyridine rings is 1. The number of thiazole rings is 1. The average Bonchev–Trinajstić information content (AvgIpc) is 3.11. The van der Waals surface area contributed by atoms with Crippen LogP contribution in [0.4, 0.5) is 0 Å². The minimum absolute atomic E-state index is 0.0378. The maximum atomic E-state index is 12.7. The highest BCUT2D eigenvalue weighted by Gasteiger charge is 2.29. The molecule has 3 rings (SSSR count). The van der Waals surface area contributed by atoms with Crippen molar-refractivity contribution in [2.75, 3.05) is 13.1 Å². The van der Waals surface area contributed by atoms with E-state index in [0.717, 1.165) is 43.1 Å². The molecule has 1 saturated heterocycles. The largest absolute Gasteiger partial charge is 0.479 e. The van der Waals surface area contributed by atoms with Crippen LogP contribution in [0.15, 0.2) is 29.9 Å². The summed E-state index contributed by atoms with van der Waals surface area (Å²) in [6, 6.07) is 3.62. The lowest BCUT2D eigenvalue weighted by Crippen LogP contribution is -2.45.